The van der Waals surface area contributed by atoms with Crippen LogP contribution in [0.3, 0.4) is 0 Å². The summed E-state index contributed by atoms with van der Waals surface area (Å²) in [6.45, 7) is 4.55. The Morgan fingerprint density at radius 2 is 1.70 bits per heavy atom. The Labute approximate surface area is 177 Å². The lowest BCUT2D eigenvalue weighted by Crippen LogP contribution is -2.56. The molecule has 0 N–H and O–H groups in total. The van der Waals surface area contributed by atoms with Gasteiger partial charge in [-0.2, -0.15) is 5.10 Å². The van der Waals surface area contributed by atoms with Gasteiger partial charge in [0.15, 0.2) is 0 Å². The number of rotatable bonds is 4. The van der Waals surface area contributed by atoms with Crippen molar-refractivity contribution in [1.82, 2.24) is 23.9 Å². The van der Waals surface area contributed by atoms with E-state index in [0.29, 0.717) is 23.9 Å². The summed E-state index contributed by atoms with van der Waals surface area (Å²) in [6, 6.07) is 9.63. The van der Waals surface area contributed by atoms with Crippen molar-refractivity contribution < 1.29 is 8.42 Å². The summed E-state index contributed by atoms with van der Waals surface area (Å²) in [5.41, 5.74) is 1.73. The number of guanidine groups is 1. The van der Waals surface area contributed by atoms with Gasteiger partial charge in [0.25, 0.3) is 10.0 Å². The maximum Gasteiger partial charge on any atom is 0.266 e. The lowest BCUT2D eigenvalue weighted by atomic mass is 9.91. The molecular formula is C21H28N6O2S. The molecule has 5 rings (SSSR count). The van der Waals surface area contributed by atoms with Crippen molar-refractivity contribution in [3.63, 3.8) is 0 Å². The van der Waals surface area contributed by atoms with Crippen molar-refractivity contribution in [1.29, 1.82) is 0 Å². The molecule has 0 bridgehead atoms. The first-order valence-corrected chi connectivity index (χ1v) is 12.1. The molecule has 0 spiro atoms. The zero-order chi connectivity index (χ0) is 20.7. The molecule has 160 valence electrons. The van der Waals surface area contributed by atoms with E-state index in [4.69, 9.17) is 0 Å². The zero-order valence-corrected chi connectivity index (χ0v) is 18.1. The van der Waals surface area contributed by atoms with E-state index in [0.717, 1.165) is 43.5 Å². The SMILES string of the molecule is Cn1ccc(-c2ccc(S(=O)(=O)N3CCN=C3N3CCN(C4CCC4)CC3)cc2)n1. The molecule has 8 nitrogen and oxygen atoms in total. The van der Waals surface area contributed by atoms with Crippen LogP contribution in [0.1, 0.15) is 19.3 Å². The third-order valence-electron chi connectivity index (χ3n) is 6.42. The van der Waals surface area contributed by atoms with Crippen LogP contribution in [0, 0.1) is 0 Å². The molecular weight excluding hydrogens is 400 g/mol. The predicted molar refractivity (Wildman–Crippen MR) is 116 cm³/mol. The molecule has 2 aliphatic heterocycles. The number of benzene rings is 1. The van der Waals surface area contributed by atoms with Crippen LogP contribution in [-0.2, 0) is 17.1 Å². The summed E-state index contributed by atoms with van der Waals surface area (Å²) in [5, 5.41) is 4.38. The first kappa shape index (κ1) is 19.6. The van der Waals surface area contributed by atoms with E-state index in [1.54, 1.807) is 16.8 Å². The second-order valence-electron chi connectivity index (χ2n) is 8.27. The Balaban J connectivity index is 1.30. The molecule has 0 radical (unpaired) electrons. The summed E-state index contributed by atoms with van der Waals surface area (Å²) < 4.78 is 29.9. The molecule has 1 aromatic heterocycles. The van der Waals surface area contributed by atoms with E-state index < -0.39 is 10.0 Å². The Morgan fingerprint density at radius 1 is 0.967 bits per heavy atom. The second-order valence-corrected chi connectivity index (χ2v) is 10.1. The van der Waals surface area contributed by atoms with Gasteiger partial charge in [-0.25, -0.2) is 12.7 Å². The van der Waals surface area contributed by atoms with E-state index >= 15 is 0 Å². The Morgan fingerprint density at radius 3 is 2.30 bits per heavy atom. The number of aryl methyl sites for hydroxylation is 1. The number of aromatic nitrogens is 2. The van der Waals surface area contributed by atoms with Crippen LogP contribution in [-0.4, -0.2) is 83.6 Å². The molecule has 0 amide bonds. The standard InChI is InChI=1S/C21H28N6O2S/c1-24-11-9-20(23-24)17-5-7-19(8-6-17)30(28,29)27-12-10-22-21(27)26-15-13-25(14-16-26)18-3-2-4-18/h5-9,11,18H,2-4,10,12-16H2,1H3. The predicted octanol–water partition coefficient (Wildman–Crippen LogP) is 1.62. The zero-order valence-electron chi connectivity index (χ0n) is 17.3. The monoisotopic (exact) mass is 428 g/mol. The molecule has 0 atom stereocenters. The summed E-state index contributed by atoms with van der Waals surface area (Å²) in [5.74, 6) is 0.608. The van der Waals surface area contributed by atoms with Crippen molar-refractivity contribution >= 4 is 16.0 Å². The van der Waals surface area contributed by atoms with Gasteiger partial charge in [0.2, 0.25) is 5.96 Å². The topological polar surface area (TPSA) is 74.0 Å². The Hall–Kier alpha value is -2.39. The number of aliphatic imine (C=N–C) groups is 1. The van der Waals surface area contributed by atoms with E-state index in [1.165, 1.54) is 23.6 Å². The molecule has 2 fully saturated rings. The van der Waals surface area contributed by atoms with E-state index in [9.17, 15) is 8.42 Å². The molecule has 0 unspecified atom stereocenters. The van der Waals surface area contributed by atoms with Crippen molar-refractivity contribution in [3.8, 4) is 11.3 Å². The number of hydrogen-bond donors (Lipinski definition) is 0. The van der Waals surface area contributed by atoms with E-state index in [-0.39, 0.29) is 0 Å². The van der Waals surface area contributed by atoms with Crippen molar-refractivity contribution in [2.45, 2.75) is 30.2 Å². The average Bonchev–Trinajstić information content (AvgIpc) is 3.37. The van der Waals surface area contributed by atoms with Gasteiger partial charge in [0, 0.05) is 51.0 Å². The van der Waals surface area contributed by atoms with Gasteiger partial charge in [0.1, 0.15) is 0 Å². The minimum absolute atomic E-state index is 0.296. The minimum Gasteiger partial charge on any atom is -0.339 e. The van der Waals surface area contributed by atoms with Crippen molar-refractivity contribution in [3.05, 3.63) is 36.5 Å². The largest absolute Gasteiger partial charge is 0.339 e. The van der Waals surface area contributed by atoms with Gasteiger partial charge in [-0.05, 0) is 31.0 Å². The molecule has 1 saturated carbocycles. The van der Waals surface area contributed by atoms with Crippen LogP contribution in [0.2, 0.25) is 0 Å². The fourth-order valence-corrected chi connectivity index (χ4v) is 5.88. The average molecular weight is 429 g/mol. The lowest BCUT2D eigenvalue weighted by molar-refractivity contribution is 0.0833. The number of piperazine rings is 1. The normalized spacial score (nSPS) is 21.0. The van der Waals surface area contributed by atoms with Gasteiger partial charge in [-0.15, -0.1) is 0 Å². The second kappa shape index (κ2) is 7.70. The molecule has 1 aliphatic carbocycles. The van der Waals surface area contributed by atoms with Crippen molar-refractivity contribution in [2.24, 2.45) is 12.0 Å². The molecule has 1 saturated heterocycles. The quantitative estimate of drug-likeness (QED) is 0.740. The first-order chi connectivity index (χ1) is 14.5. The van der Waals surface area contributed by atoms with Crippen LogP contribution < -0.4 is 0 Å². The van der Waals surface area contributed by atoms with Gasteiger partial charge in [-0.3, -0.25) is 14.6 Å². The lowest BCUT2D eigenvalue weighted by Gasteiger charge is -2.44. The van der Waals surface area contributed by atoms with Gasteiger partial charge in [0.05, 0.1) is 23.7 Å². The smallest absolute Gasteiger partial charge is 0.266 e. The summed E-state index contributed by atoms with van der Waals surface area (Å²) >= 11 is 0. The highest BCUT2D eigenvalue weighted by Crippen LogP contribution is 2.27. The summed E-state index contributed by atoms with van der Waals surface area (Å²) in [4.78, 5) is 9.55. The number of hydrogen-bond acceptors (Lipinski definition) is 6. The van der Waals surface area contributed by atoms with Gasteiger partial charge < -0.3 is 4.90 Å². The highest BCUT2D eigenvalue weighted by atomic mass is 32.2. The molecule has 9 heteroatoms. The molecule has 2 aromatic rings. The molecule has 1 aromatic carbocycles. The van der Waals surface area contributed by atoms with Crippen LogP contribution in [0.25, 0.3) is 11.3 Å². The van der Waals surface area contributed by atoms with Crippen LogP contribution in [0.4, 0.5) is 0 Å². The van der Waals surface area contributed by atoms with Crippen LogP contribution >= 0.6 is 0 Å². The Kier molecular flexibility index (Phi) is 5.02. The molecule has 30 heavy (non-hydrogen) atoms. The number of nitrogens with zero attached hydrogens (tertiary/aromatic N) is 6. The van der Waals surface area contributed by atoms with Gasteiger partial charge >= 0.3 is 0 Å². The third-order valence-corrected chi connectivity index (χ3v) is 8.21. The molecule has 3 aliphatic rings. The summed E-state index contributed by atoms with van der Waals surface area (Å²) in [7, 11) is -1.77. The van der Waals surface area contributed by atoms with Gasteiger partial charge in [-0.1, -0.05) is 18.6 Å². The van der Waals surface area contributed by atoms with E-state index in [1.807, 2.05) is 31.4 Å². The van der Waals surface area contributed by atoms with E-state index in [2.05, 4.69) is 19.9 Å². The first-order valence-electron chi connectivity index (χ1n) is 10.7. The maximum atomic E-state index is 13.4. The Bertz CT molecular complexity index is 1030. The highest BCUT2D eigenvalue weighted by molar-refractivity contribution is 7.89. The van der Waals surface area contributed by atoms with Crippen molar-refractivity contribution in [2.75, 3.05) is 39.3 Å². The fourth-order valence-electron chi connectivity index (χ4n) is 4.44. The third kappa shape index (κ3) is 3.50. The molecule has 3 heterocycles. The van der Waals surface area contributed by atoms with Crippen LogP contribution in [0.5, 0.6) is 0 Å². The highest BCUT2D eigenvalue weighted by Gasteiger charge is 2.36. The fraction of sp³-hybridized carbons (Fsp3) is 0.524. The summed E-state index contributed by atoms with van der Waals surface area (Å²) in [6.07, 6.45) is 5.81. The maximum absolute atomic E-state index is 13.4. The number of sulfonamides is 1. The minimum atomic E-state index is -3.63. The van der Waals surface area contributed by atoms with Crippen LogP contribution in [0.15, 0.2) is 46.4 Å².